The first-order chi connectivity index (χ1) is 10.3. The third-order valence-electron chi connectivity index (χ3n) is 7.09. The van der Waals surface area contributed by atoms with Crippen LogP contribution in [0.25, 0.3) is 0 Å². The van der Waals surface area contributed by atoms with Crippen LogP contribution in [0.5, 0.6) is 0 Å². The van der Waals surface area contributed by atoms with Crippen molar-refractivity contribution in [2.24, 2.45) is 28.6 Å². The highest BCUT2D eigenvalue weighted by Crippen LogP contribution is 2.62. The second-order valence-corrected chi connectivity index (χ2v) is 8.55. The van der Waals surface area contributed by atoms with Gasteiger partial charge in [-0.25, -0.2) is 0 Å². The average molecular weight is 302 g/mol. The molecule has 122 valence electrons. The Hall–Kier alpha value is -1.05. The molecule has 3 aliphatic rings. The van der Waals surface area contributed by atoms with Gasteiger partial charge in [0.25, 0.3) is 0 Å². The first kappa shape index (κ1) is 15.8. The summed E-state index contributed by atoms with van der Waals surface area (Å²) in [6.45, 7) is 8.93. The first-order valence-electron chi connectivity index (χ1n) is 8.90. The minimum Gasteiger partial charge on any atom is -0.481 e. The Balaban J connectivity index is 1.96. The highest BCUT2D eigenvalue weighted by Gasteiger charge is 2.57. The van der Waals surface area contributed by atoms with Gasteiger partial charge in [-0.2, -0.15) is 0 Å². The van der Waals surface area contributed by atoms with E-state index in [-0.39, 0.29) is 11.3 Å². The van der Waals surface area contributed by atoms with Crippen LogP contribution in [-0.4, -0.2) is 11.1 Å². The summed E-state index contributed by atoms with van der Waals surface area (Å²) in [4.78, 5) is 11.9. The van der Waals surface area contributed by atoms with Crippen LogP contribution < -0.4 is 0 Å². The maximum absolute atomic E-state index is 11.9. The Kier molecular flexibility index (Phi) is 3.78. The lowest BCUT2D eigenvalue weighted by molar-refractivity contribution is -0.162. The van der Waals surface area contributed by atoms with Crippen molar-refractivity contribution in [3.05, 3.63) is 23.3 Å². The van der Waals surface area contributed by atoms with Gasteiger partial charge in [-0.05, 0) is 62.2 Å². The largest absolute Gasteiger partial charge is 0.481 e. The normalized spacial score (nSPS) is 41.3. The van der Waals surface area contributed by atoms with Gasteiger partial charge in [-0.1, -0.05) is 50.5 Å². The lowest BCUT2D eigenvalue weighted by Crippen LogP contribution is -2.53. The molecule has 0 aromatic heterocycles. The summed E-state index contributed by atoms with van der Waals surface area (Å²) in [6, 6.07) is 0. The molecule has 0 heterocycles. The monoisotopic (exact) mass is 302 g/mol. The summed E-state index contributed by atoms with van der Waals surface area (Å²) in [5, 5.41) is 9.83. The van der Waals surface area contributed by atoms with Crippen molar-refractivity contribution < 1.29 is 9.90 Å². The average Bonchev–Trinajstić information content (AvgIpc) is 2.46. The van der Waals surface area contributed by atoms with E-state index in [4.69, 9.17) is 0 Å². The van der Waals surface area contributed by atoms with Crippen molar-refractivity contribution >= 4 is 5.97 Å². The predicted octanol–water partition coefficient (Wildman–Crippen LogP) is 5.21. The second-order valence-electron chi connectivity index (χ2n) is 8.55. The molecule has 2 nitrogen and oxygen atoms in total. The summed E-state index contributed by atoms with van der Waals surface area (Å²) in [5.74, 6) is 0.888. The van der Waals surface area contributed by atoms with E-state index in [1.807, 2.05) is 6.92 Å². The third-order valence-corrected chi connectivity index (χ3v) is 7.09. The Labute approximate surface area is 134 Å². The predicted molar refractivity (Wildman–Crippen MR) is 89.5 cm³/mol. The number of allylic oxidation sites excluding steroid dienone is 4. The van der Waals surface area contributed by atoms with E-state index in [1.54, 1.807) is 11.1 Å². The van der Waals surface area contributed by atoms with Gasteiger partial charge in [0.2, 0.25) is 0 Å². The van der Waals surface area contributed by atoms with E-state index in [0.717, 1.165) is 32.1 Å². The molecule has 0 aromatic rings. The third kappa shape index (κ3) is 2.18. The molecule has 1 N–H and O–H groups in total. The molecular formula is C20H30O2. The van der Waals surface area contributed by atoms with Crippen LogP contribution in [0.4, 0.5) is 0 Å². The van der Waals surface area contributed by atoms with Gasteiger partial charge in [-0.15, -0.1) is 0 Å². The molecule has 1 fully saturated rings. The van der Waals surface area contributed by atoms with Crippen molar-refractivity contribution in [3.8, 4) is 0 Å². The number of aliphatic carboxylic acids is 1. The molecule has 4 atom stereocenters. The van der Waals surface area contributed by atoms with Crippen molar-refractivity contribution in [1.29, 1.82) is 0 Å². The number of carboxylic acids is 1. The first-order valence-corrected chi connectivity index (χ1v) is 8.90. The molecule has 3 aliphatic carbocycles. The minimum atomic E-state index is -0.588. The van der Waals surface area contributed by atoms with Crippen LogP contribution in [-0.2, 0) is 4.79 Å². The van der Waals surface area contributed by atoms with Crippen LogP contribution in [0.3, 0.4) is 0 Å². The Morgan fingerprint density at radius 2 is 1.95 bits per heavy atom. The van der Waals surface area contributed by atoms with Crippen molar-refractivity contribution in [1.82, 2.24) is 0 Å². The summed E-state index contributed by atoms with van der Waals surface area (Å²) in [7, 11) is 0. The molecule has 0 unspecified atom stereocenters. The van der Waals surface area contributed by atoms with Gasteiger partial charge in [0.15, 0.2) is 0 Å². The number of carboxylic acid groups (broad SMARTS) is 1. The molecule has 0 spiro atoms. The van der Waals surface area contributed by atoms with Crippen LogP contribution >= 0.6 is 0 Å². The SMILES string of the molecule is CC(C)C1=CC[C@@H]2C(=CC[C@H]3[C@]2(C)CCC[C@@]3(C)C(=O)O)C1. The summed E-state index contributed by atoms with van der Waals surface area (Å²) < 4.78 is 0. The van der Waals surface area contributed by atoms with E-state index in [0.29, 0.717) is 11.8 Å². The number of hydrogen-bond acceptors (Lipinski definition) is 1. The molecule has 0 aliphatic heterocycles. The summed E-state index contributed by atoms with van der Waals surface area (Å²) in [5.41, 5.74) is 2.78. The summed E-state index contributed by atoms with van der Waals surface area (Å²) >= 11 is 0. The highest BCUT2D eigenvalue weighted by atomic mass is 16.4. The fourth-order valence-corrected chi connectivity index (χ4v) is 5.58. The van der Waals surface area contributed by atoms with Gasteiger partial charge >= 0.3 is 5.97 Å². The van der Waals surface area contributed by atoms with E-state index in [2.05, 4.69) is 32.9 Å². The number of carbonyl (C=O) groups is 1. The molecule has 2 heteroatoms. The van der Waals surface area contributed by atoms with Crippen molar-refractivity contribution in [2.75, 3.05) is 0 Å². The lowest BCUT2D eigenvalue weighted by atomic mass is 9.47. The summed E-state index contributed by atoms with van der Waals surface area (Å²) in [6.07, 6.45) is 11.1. The van der Waals surface area contributed by atoms with E-state index < -0.39 is 11.4 Å². The Morgan fingerprint density at radius 3 is 2.59 bits per heavy atom. The Bertz CT molecular complexity index is 542. The highest BCUT2D eigenvalue weighted by molar-refractivity contribution is 5.75. The minimum absolute atomic E-state index is 0.161. The van der Waals surface area contributed by atoms with Crippen LogP contribution in [0.2, 0.25) is 0 Å². The van der Waals surface area contributed by atoms with Gasteiger partial charge in [0.1, 0.15) is 0 Å². The molecule has 1 saturated carbocycles. The number of rotatable bonds is 2. The zero-order valence-electron chi connectivity index (χ0n) is 14.5. The molecule has 3 rings (SSSR count). The zero-order valence-corrected chi connectivity index (χ0v) is 14.5. The fourth-order valence-electron chi connectivity index (χ4n) is 5.58. The zero-order chi connectivity index (χ0) is 16.1. The quantitative estimate of drug-likeness (QED) is 0.711. The second kappa shape index (κ2) is 5.25. The lowest BCUT2D eigenvalue weighted by Gasteiger charge is -2.57. The fraction of sp³-hybridized carbons (Fsp3) is 0.750. The maximum atomic E-state index is 11.9. The standard InChI is InChI=1S/C20H30O2/c1-13(2)14-6-8-16-15(12-14)7-9-17-19(16,3)10-5-11-20(17,4)18(21)22/h6-7,13,16-17H,5,8-12H2,1-4H3,(H,21,22)/t16-,17+,19-,20-/m1/s1. The molecule has 22 heavy (non-hydrogen) atoms. The Morgan fingerprint density at radius 1 is 1.23 bits per heavy atom. The van der Waals surface area contributed by atoms with Gasteiger partial charge in [0, 0.05) is 0 Å². The number of hydrogen-bond donors (Lipinski definition) is 1. The van der Waals surface area contributed by atoms with Gasteiger partial charge in [-0.3, -0.25) is 4.79 Å². The smallest absolute Gasteiger partial charge is 0.309 e. The van der Waals surface area contributed by atoms with Gasteiger partial charge < -0.3 is 5.11 Å². The van der Waals surface area contributed by atoms with E-state index in [9.17, 15) is 9.90 Å². The van der Waals surface area contributed by atoms with Crippen LogP contribution in [0.1, 0.15) is 66.2 Å². The maximum Gasteiger partial charge on any atom is 0.309 e. The molecule has 0 bridgehead atoms. The molecular weight excluding hydrogens is 272 g/mol. The topological polar surface area (TPSA) is 37.3 Å². The number of fused-ring (bicyclic) bond motifs is 3. The van der Waals surface area contributed by atoms with E-state index >= 15 is 0 Å². The van der Waals surface area contributed by atoms with Crippen molar-refractivity contribution in [3.63, 3.8) is 0 Å². The van der Waals surface area contributed by atoms with Crippen LogP contribution in [0, 0.1) is 28.6 Å². The van der Waals surface area contributed by atoms with Gasteiger partial charge in [0.05, 0.1) is 5.41 Å². The molecule has 0 saturated heterocycles. The van der Waals surface area contributed by atoms with Crippen molar-refractivity contribution in [2.45, 2.75) is 66.2 Å². The molecule has 0 aromatic carbocycles. The molecule has 0 amide bonds. The van der Waals surface area contributed by atoms with Crippen LogP contribution in [0.15, 0.2) is 23.3 Å². The van der Waals surface area contributed by atoms with E-state index in [1.165, 1.54) is 6.42 Å². The molecule has 0 radical (unpaired) electrons.